The van der Waals surface area contributed by atoms with Gasteiger partial charge in [0.1, 0.15) is 5.60 Å². The molecule has 1 N–H and O–H groups in total. The number of likely N-dealkylation sites (tertiary alicyclic amines) is 1. The minimum atomic E-state index is -0.932. The predicted octanol–water partition coefficient (Wildman–Crippen LogP) is 3.81. The number of carboxylic acid groups (broad SMARTS) is 1. The molecule has 1 aromatic rings. The summed E-state index contributed by atoms with van der Waals surface area (Å²) in [5, 5.41) is 9.51. The van der Waals surface area contributed by atoms with Crippen LogP contribution in [0, 0.1) is 5.92 Å². The minimum absolute atomic E-state index is 0.126. The molecule has 0 aliphatic carbocycles. The molecule has 0 saturated carbocycles. The van der Waals surface area contributed by atoms with E-state index in [1.165, 1.54) is 4.90 Å². The standard InChI is InChI=1S/C19H28N2O4/c1-19(2,3)25-18(24)20-11-7-10-16(13-20)14-21(17(22)23)12-15-8-5-4-6-9-15/h4-6,8-9,16H,7,10-14H2,1-3H3,(H,22,23). The van der Waals surface area contributed by atoms with E-state index in [-0.39, 0.29) is 12.0 Å². The monoisotopic (exact) mass is 348 g/mol. The highest BCUT2D eigenvalue weighted by Gasteiger charge is 2.29. The number of hydrogen-bond donors (Lipinski definition) is 1. The molecule has 1 unspecified atom stereocenters. The molecule has 2 amide bonds. The first-order chi connectivity index (χ1) is 11.7. The number of nitrogens with zero attached hydrogens (tertiary/aromatic N) is 2. The van der Waals surface area contributed by atoms with Crippen LogP contribution in [0.5, 0.6) is 0 Å². The van der Waals surface area contributed by atoms with E-state index in [1.54, 1.807) is 4.90 Å². The zero-order valence-electron chi connectivity index (χ0n) is 15.3. The summed E-state index contributed by atoms with van der Waals surface area (Å²) in [6.07, 6.45) is 0.529. The molecule has 25 heavy (non-hydrogen) atoms. The van der Waals surface area contributed by atoms with Crippen molar-refractivity contribution in [2.45, 2.75) is 45.8 Å². The van der Waals surface area contributed by atoms with Gasteiger partial charge in [0.2, 0.25) is 0 Å². The highest BCUT2D eigenvalue weighted by Crippen LogP contribution is 2.21. The Kier molecular flexibility index (Phi) is 6.28. The Balaban J connectivity index is 1.95. The van der Waals surface area contributed by atoms with Crippen LogP contribution in [0.15, 0.2) is 30.3 Å². The highest BCUT2D eigenvalue weighted by atomic mass is 16.6. The summed E-state index contributed by atoms with van der Waals surface area (Å²) >= 11 is 0. The van der Waals surface area contributed by atoms with Crippen LogP contribution in [-0.2, 0) is 11.3 Å². The smallest absolute Gasteiger partial charge is 0.410 e. The Morgan fingerprint density at radius 1 is 1.28 bits per heavy atom. The van der Waals surface area contributed by atoms with E-state index in [1.807, 2.05) is 51.1 Å². The molecule has 0 spiro atoms. The van der Waals surface area contributed by atoms with Crippen LogP contribution in [-0.4, -0.2) is 52.3 Å². The number of rotatable bonds is 4. The fourth-order valence-corrected chi connectivity index (χ4v) is 3.03. The molecule has 1 saturated heterocycles. The molecule has 1 aliphatic heterocycles. The second-order valence-corrected chi connectivity index (χ2v) is 7.58. The van der Waals surface area contributed by atoms with E-state index in [0.29, 0.717) is 26.2 Å². The third-order valence-electron chi connectivity index (χ3n) is 4.14. The van der Waals surface area contributed by atoms with Crippen molar-refractivity contribution in [2.24, 2.45) is 5.92 Å². The van der Waals surface area contributed by atoms with Crippen LogP contribution in [0.3, 0.4) is 0 Å². The van der Waals surface area contributed by atoms with Gasteiger partial charge < -0.3 is 19.6 Å². The number of ether oxygens (including phenoxy) is 1. The Labute approximate surface area is 149 Å². The fraction of sp³-hybridized carbons (Fsp3) is 0.579. The molecule has 1 heterocycles. The lowest BCUT2D eigenvalue weighted by Gasteiger charge is -2.35. The van der Waals surface area contributed by atoms with E-state index in [4.69, 9.17) is 4.74 Å². The van der Waals surface area contributed by atoms with Gasteiger partial charge in [-0.15, -0.1) is 0 Å². The van der Waals surface area contributed by atoms with Crippen LogP contribution in [0.2, 0.25) is 0 Å². The average molecular weight is 348 g/mol. The molecule has 0 aromatic heterocycles. The first-order valence-electron chi connectivity index (χ1n) is 8.74. The number of benzene rings is 1. The van der Waals surface area contributed by atoms with Gasteiger partial charge in [0.05, 0.1) is 0 Å². The molecule has 1 atom stereocenters. The summed E-state index contributed by atoms with van der Waals surface area (Å²) in [5.41, 5.74) is 0.439. The Bertz CT molecular complexity index is 583. The van der Waals surface area contributed by atoms with Crippen molar-refractivity contribution < 1.29 is 19.4 Å². The van der Waals surface area contributed by atoms with Crippen LogP contribution < -0.4 is 0 Å². The molecule has 138 valence electrons. The molecule has 2 rings (SSSR count). The predicted molar refractivity (Wildman–Crippen MR) is 95.4 cm³/mol. The summed E-state index contributed by atoms with van der Waals surface area (Å²) < 4.78 is 5.43. The van der Waals surface area contributed by atoms with Gasteiger partial charge in [-0.3, -0.25) is 0 Å². The van der Waals surface area contributed by atoms with Gasteiger partial charge in [-0.2, -0.15) is 0 Å². The van der Waals surface area contributed by atoms with Crippen molar-refractivity contribution in [2.75, 3.05) is 19.6 Å². The molecular formula is C19H28N2O4. The second-order valence-electron chi connectivity index (χ2n) is 7.58. The van der Waals surface area contributed by atoms with E-state index >= 15 is 0 Å². The molecule has 6 nitrogen and oxygen atoms in total. The summed E-state index contributed by atoms with van der Waals surface area (Å²) in [6.45, 7) is 7.52. The minimum Gasteiger partial charge on any atom is -0.465 e. The lowest BCUT2D eigenvalue weighted by atomic mass is 9.97. The summed E-state index contributed by atoms with van der Waals surface area (Å²) in [7, 11) is 0. The van der Waals surface area contributed by atoms with Gasteiger partial charge in [-0.25, -0.2) is 9.59 Å². The number of piperidine rings is 1. The van der Waals surface area contributed by atoms with Crippen molar-refractivity contribution in [3.05, 3.63) is 35.9 Å². The first kappa shape index (κ1) is 19.1. The van der Waals surface area contributed by atoms with Crippen molar-refractivity contribution >= 4 is 12.2 Å². The number of carbonyl (C=O) groups is 2. The van der Waals surface area contributed by atoms with Crippen LogP contribution in [0.25, 0.3) is 0 Å². The van der Waals surface area contributed by atoms with E-state index in [9.17, 15) is 14.7 Å². The molecule has 0 bridgehead atoms. The fourth-order valence-electron chi connectivity index (χ4n) is 3.03. The SMILES string of the molecule is CC(C)(C)OC(=O)N1CCCC(CN(Cc2ccccc2)C(=O)O)C1. The van der Waals surface area contributed by atoms with Crippen LogP contribution >= 0.6 is 0 Å². The van der Waals surface area contributed by atoms with Gasteiger partial charge in [-0.05, 0) is 45.1 Å². The molecule has 0 radical (unpaired) electrons. The summed E-state index contributed by atoms with van der Waals surface area (Å²) in [4.78, 5) is 27.0. The quantitative estimate of drug-likeness (QED) is 0.898. The molecule has 1 fully saturated rings. The van der Waals surface area contributed by atoms with E-state index in [2.05, 4.69) is 0 Å². The maximum Gasteiger partial charge on any atom is 0.410 e. The number of carbonyl (C=O) groups excluding carboxylic acids is 1. The first-order valence-corrected chi connectivity index (χ1v) is 8.74. The summed E-state index contributed by atoms with van der Waals surface area (Å²) in [6, 6.07) is 9.56. The van der Waals surface area contributed by atoms with Gasteiger partial charge in [0.25, 0.3) is 0 Å². The molecular weight excluding hydrogens is 320 g/mol. The van der Waals surface area contributed by atoms with Gasteiger partial charge in [-0.1, -0.05) is 30.3 Å². The zero-order chi connectivity index (χ0) is 18.4. The third kappa shape index (κ3) is 6.29. The second kappa shape index (κ2) is 8.23. The highest BCUT2D eigenvalue weighted by molar-refractivity contribution is 5.68. The lowest BCUT2D eigenvalue weighted by Crippen LogP contribution is -2.46. The topological polar surface area (TPSA) is 70.1 Å². The van der Waals surface area contributed by atoms with E-state index in [0.717, 1.165) is 18.4 Å². The molecule has 6 heteroatoms. The Morgan fingerprint density at radius 2 is 1.96 bits per heavy atom. The molecule has 1 aromatic carbocycles. The van der Waals surface area contributed by atoms with Crippen LogP contribution in [0.1, 0.15) is 39.2 Å². The maximum atomic E-state index is 12.2. The van der Waals surface area contributed by atoms with Gasteiger partial charge >= 0.3 is 12.2 Å². The van der Waals surface area contributed by atoms with Crippen LogP contribution in [0.4, 0.5) is 9.59 Å². The normalized spacial score (nSPS) is 17.9. The van der Waals surface area contributed by atoms with Crippen molar-refractivity contribution in [1.29, 1.82) is 0 Å². The average Bonchev–Trinajstić information content (AvgIpc) is 2.54. The van der Waals surface area contributed by atoms with Gasteiger partial charge in [0.15, 0.2) is 0 Å². The van der Waals surface area contributed by atoms with Gasteiger partial charge in [0, 0.05) is 26.2 Å². The maximum absolute atomic E-state index is 12.2. The lowest BCUT2D eigenvalue weighted by molar-refractivity contribution is 0.0147. The summed E-state index contributed by atoms with van der Waals surface area (Å²) in [5.74, 6) is 0.126. The third-order valence-corrected chi connectivity index (χ3v) is 4.14. The van der Waals surface area contributed by atoms with Crippen molar-refractivity contribution in [1.82, 2.24) is 9.80 Å². The van der Waals surface area contributed by atoms with Crippen molar-refractivity contribution in [3.63, 3.8) is 0 Å². The molecule has 1 aliphatic rings. The number of hydrogen-bond acceptors (Lipinski definition) is 3. The Hall–Kier alpha value is -2.24. The number of amides is 2. The van der Waals surface area contributed by atoms with Crippen molar-refractivity contribution in [3.8, 4) is 0 Å². The zero-order valence-corrected chi connectivity index (χ0v) is 15.3. The van der Waals surface area contributed by atoms with E-state index < -0.39 is 11.7 Å². The largest absolute Gasteiger partial charge is 0.465 e. The Morgan fingerprint density at radius 3 is 2.56 bits per heavy atom.